The van der Waals surface area contributed by atoms with Crippen LogP contribution in [0.1, 0.15) is 40.2 Å². The van der Waals surface area contributed by atoms with Gasteiger partial charge in [0.25, 0.3) is 0 Å². The summed E-state index contributed by atoms with van der Waals surface area (Å²) < 4.78 is 0. The van der Waals surface area contributed by atoms with Crippen molar-refractivity contribution in [1.29, 1.82) is 0 Å². The van der Waals surface area contributed by atoms with Crippen molar-refractivity contribution in [1.82, 2.24) is 5.32 Å². The molecular formula is C20H23N5O3S. The number of aromatic carboxylic acids is 1. The zero-order chi connectivity index (χ0) is 20.8. The highest BCUT2D eigenvalue weighted by atomic mass is 32.2. The van der Waals surface area contributed by atoms with Gasteiger partial charge >= 0.3 is 5.97 Å². The molecule has 0 atom stereocenters. The van der Waals surface area contributed by atoms with E-state index in [9.17, 15) is 9.59 Å². The zero-order valence-electron chi connectivity index (χ0n) is 15.7. The number of hydrogen-bond donors (Lipinski definition) is 4. The van der Waals surface area contributed by atoms with Crippen molar-refractivity contribution in [3.05, 3.63) is 65.2 Å². The maximum atomic E-state index is 12.2. The minimum atomic E-state index is -1.03. The Morgan fingerprint density at radius 1 is 1.21 bits per heavy atom. The van der Waals surface area contributed by atoms with Crippen LogP contribution in [0.3, 0.4) is 0 Å². The average molecular weight is 414 g/mol. The van der Waals surface area contributed by atoms with E-state index in [4.69, 9.17) is 16.8 Å². The van der Waals surface area contributed by atoms with Crippen molar-refractivity contribution in [2.75, 3.05) is 10.8 Å². The Kier molecular flexibility index (Phi) is 6.73. The molecule has 6 N–H and O–H groups in total. The highest BCUT2D eigenvalue weighted by molar-refractivity contribution is 8.14. The van der Waals surface area contributed by atoms with E-state index in [2.05, 4.69) is 22.6 Å². The average Bonchev–Trinajstić information content (AvgIpc) is 3.58. The van der Waals surface area contributed by atoms with Crippen molar-refractivity contribution in [3.63, 3.8) is 0 Å². The summed E-state index contributed by atoms with van der Waals surface area (Å²) in [6.07, 6.45) is 2.48. The lowest BCUT2D eigenvalue weighted by Crippen LogP contribution is -2.37. The van der Waals surface area contributed by atoms with Crippen molar-refractivity contribution in [2.24, 2.45) is 16.8 Å². The van der Waals surface area contributed by atoms with E-state index >= 15 is 0 Å². The van der Waals surface area contributed by atoms with Crippen LogP contribution in [0.15, 0.2) is 53.6 Å². The first kappa shape index (κ1) is 20.7. The monoisotopic (exact) mass is 413 g/mol. The molecule has 1 amide bonds. The molecule has 1 saturated carbocycles. The van der Waals surface area contributed by atoms with Gasteiger partial charge in [-0.2, -0.15) is 5.10 Å². The van der Waals surface area contributed by atoms with Gasteiger partial charge in [-0.15, -0.1) is 0 Å². The van der Waals surface area contributed by atoms with Gasteiger partial charge in [-0.1, -0.05) is 36.0 Å². The van der Waals surface area contributed by atoms with E-state index in [0.717, 1.165) is 17.3 Å². The fourth-order valence-corrected chi connectivity index (χ4v) is 3.48. The summed E-state index contributed by atoms with van der Waals surface area (Å²) in [5, 5.41) is 16.9. The number of carboxylic acids is 1. The van der Waals surface area contributed by atoms with Crippen LogP contribution in [0.4, 0.5) is 5.69 Å². The Bertz CT molecular complexity index is 913. The van der Waals surface area contributed by atoms with Crippen LogP contribution in [0.25, 0.3) is 0 Å². The second-order valence-electron chi connectivity index (χ2n) is 6.72. The van der Waals surface area contributed by atoms with Crippen LogP contribution < -0.4 is 22.0 Å². The molecule has 1 aliphatic rings. The molecule has 0 spiro atoms. The summed E-state index contributed by atoms with van der Waals surface area (Å²) in [6, 6.07) is 14.2. The molecule has 0 aromatic heterocycles. The molecule has 0 saturated heterocycles. The third kappa shape index (κ3) is 5.72. The number of hydrogen-bond acceptors (Lipinski definition) is 6. The summed E-state index contributed by atoms with van der Waals surface area (Å²) in [4.78, 5) is 23.1. The number of hydrazine groups is 1. The van der Waals surface area contributed by atoms with Gasteiger partial charge in [-0.25, -0.2) is 10.6 Å². The topological polar surface area (TPSA) is 134 Å². The minimum Gasteiger partial charge on any atom is -0.478 e. The number of carboxylic acid groups (broad SMARTS) is 1. The smallest absolute Gasteiger partial charge is 0.335 e. The molecule has 152 valence electrons. The van der Waals surface area contributed by atoms with Gasteiger partial charge in [-0.3, -0.25) is 9.80 Å². The minimum absolute atomic E-state index is 0.0965. The molecule has 0 heterocycles. The van der Waals surface area contributed by atoms with Gasteiger partial charge in [0.1, 0.15) is 0 Å². The van der Waals surface area contributed by atoms with Crippen molar-refractivity contribution in [3.8, 4) is 0 Å². The highest BCUT2D eigenvalue weighted by Gasteiger charge is 2.23. The third-order valence-electron chi connectivity index (χ3n) is 4.53. The first-order valence-corrected chi connectivity index (χ1v) is 10.1. The maximum Gasteiger partial charge on any atom is 0.335 e. The number of anilines is 1. The van der Waals surface area contributed by atoms with Crippen molar-refractivity contribution >= 4 is 34.5 Å². The number of nitrogens with two attached hydrogens (primary N) is 2. The predicted molar refractivity (Wildman–Crippen MR) is 114 cm³/mol. The lowest BCUT2D eigenvalue weighted by atomic mass is 10.1. The molecule has 3 rings (SSSR count). The second kappa shape index (κ2) is 9.44. The number of thioether (sulfide) groups is 1. The molecule has 0 radical (unpaired) electrons. The Morgan fingerprint density at radius 2 is 1.93 bits per heavy atom. The van der Waals surface area contributed by atoms with Crippen LogP contribution in [0, 0.1) is 0 Å². The SMILES string of the molecule is N/N=C(/SCC(=O)NCc1cccc(C2CC2)c1)N(N)c1ccc(C(=O)O)cc1. The van der Waals surface area contributed by atoms with E-state index in [1.54, 1.807) is 12.1 Å². The van der Waals surface area contributed by atoms with Crippen LogP contribution in [-0.4, -0.2) is 27.9 Å². The number of nitrogens with one attached hydrogen (secondary N) is 1. The number of carbonyl (C=O) groups excluding carboxylic acids is 1. The Hall–Kier alpha value is -3.04. The fraction of sp³-hybridized carbons (Fsp3) is 0.250. The lowest BCUT2D eigenvalue weighted by Gasteiger charge is -2.19. The molecule has 1 fully saturated rings. The molecule has 0 bridgehead atoms. The van der Waals surface area contributed by atoms with E-state index in [0.29, 0.717) is 18.2 Å². The maximum absolute atomic E-state index is 12.2. The zero-order valence-corrected chi connectivity index (χ0v) is 16.6. The Balaban J connectivity index is 1.49. The first-order chi connectivity index (χ1) is 14.0. The highest BCUT2D eigenvalue weighted by Crippen LogP contribution is 2.40. The Labute approximate surface area is 172 Å². The molecule has 9 heteroatoms. The second-order valence-corrected chi connectivity index (χ2v) is 7.66. The third-order valence-corrected chi connectivity index (χ3v) is 5.50. The van der Waals surface area contributed by atoms with Crippen LogP contribution in [0.5, 0.6) is 0 Å². The molecular weight excluding hydrogens is 390 g/mol. The lowest BCUT2D eigenvalue weighted by molar-refractivity contribution is -0.118. The van der Waals surface area contributed by atoms with Gasteiger partial charge in [0.05, 0.1) is 17.0 Å². The van der Waals surface area contributed by atoms with E-state index in [1.165, 1.54) is 35.5 Å². The number of rotatable bonds is 7. The van der Waals surface area contributed by atoms with Crippen LogP contribution >= 0.6 is 11.8 Å². The molecule has 0 aliphatic heterocycles. The number of amidine groups is 1. The molecule has 0 unspecified atom stereocenters. The quantitative estimate of drug-likeness (QED) is 0.237. The predicted octanol–water partition coefficient (Wildman–Crippen LogP) is 2.22. The van der Waals surface area contributed by atoms with Crippen LogP contribution in [-0.2, 0) is 11.3 Å². The Morgan fingerprint density at radius 3 is 2.55 bits per heavy atom. The normalized spacial score (nSPS) is 13.8. The number of carbonyl (C=O) groups is 2. The van der Waals surface area contributed by atoms with Gasteiger partial charge < -0.3 is 16.3 Å². The van der Waals surface area contributed by atoms with Crippen molar-refractivity contribution in [2.45, 2.75) is 25.3 Å². The van der Waals surface area contributed by atoms with Gasteiger partial charge in [0.2, 0.25) is 11.1 Å². The van der Waals surface area contributed by atoms with Crippen molar-refractivity contribution < 1.29 is 14.7 Å². The summed E-state index contributed by atoms with van der Waals surface area (Å²) in [5.41, 5.74) is 3.05. The van der Waals surface area contributed by atoms with E-state index in [1.807, 2.05) is 12.1 Å². The molecule has 1 aliphatic carbocycles. The summed E-state index contributed by atoms with van der Waals surface area (Å²) >= 11 is 1.09. The van der Waals surface area contributed by atoms with E-state index < -0.39 is 5.97 Å². The van der Waals surface area contributed by atoms with E-state index in [-0.39, 0.29) is 22.4 Å². The number of nitrogens with zero attached hydrogens (tertiary/aromatic N) is 2. The van der Waals surface area contributed by atoms with Gasteiger partial charge in [-0.05, 0) is 54.2 Å². The standard InChI is InChI=1S/C20H23N5O3S/c21-24-20(25(22)17-8-6-15(7-9-17)19(27)28)29-12-18(26)23-11-13-2-1-3-16(10-13)14-4-5-14/h1-3,6-10,14H,4-5,11-12,21-22H2,(H,23,26)(H,27,28)/b24-20+. The number of benzene rings is 2. The number of amides is 1. The summed E-state index contributed by atoms with van der Waals surface area (Å²) in [6.45, 7) is 0.456. The molecule has 2 aromatic rings. The summed E-state index contributed by atoms with van der Waals surface area (Å²) in [7, 11) is 0. The van der Waals surface area contributed by atoms with Gasteiger partial charge in [0.15, 0.2) is 0 Å². The largest absolute Gasteiger partial charge is 0.478 e. The van der Waals surface area contributed by atoms with Gasteiger partial charge in [0, 0.05) is 6.54 Å². The number of hydrazone groups is 1. The summed E-state index contributed by atoms with van der Waals surface area (Å²) in [5.74, 6) is 11.0. The van der Waals surface area contributed by atoms with Crippen LogP contribution in [0.2, 0.25) is 0 Å². The fourth-order valence-electron chi connectivity index (χ4n) is 2.80. The first-order valence-electron chi connectivity index (χ1n) is 9.12. The molecule has 2 aromatic carbocycles. The molecule has 29 heavy (non-hydrogen) atoms. The molecule has 8 nitrogen and oxygen atoms in total.